The zero-order chi connectivity index (χ0) is 13.8. The van der Waals surface area contributed by atoms with Gasteiger partial charge in [-0.2, -0.15) is 5.10 Å². The van der Waals surface area contributed by atoms with Crippen LogP contribution in [0.5, 0.6) is 0 Å². The van der Waals surface area contributed by atoms with Gasteiger partial charge in [0.1, 0.15) is 0 Å². The second kappa shape index (κ2) is 5.67. The smallest absolute Gasteiger partial charge is 0.253 e. The number of amides is 1. The summed E-state index contributed by atoms with van der Waals surface area (Å²) in [7, 11) is 1.68. The fourth-order valence-electron chi connectivity index (χ4n) is 1.73. The Bertz CT molecular complexity index is 552. The molecule has 0 aliphatic heterocycles. The summed E-state index contributed by atoms with van der Waals surface area (Å²) in [5.74, 6) is -0.115. The number of aliphatic hydroxyl groups is 1. The van der Waals surface area contributed by atoms with E-state index in [1.165, 1.54) is 4.90 Å². The van der Waals surface area contributed by atoms with Crippen LogP contribution in [0.4, 0.5) is 0 Å². The molecule has 0 bridgehead atoms. The molecule has 1 heterocycles. The number of hydrogen-bond donors (Lipinski definition) is 1. The number of rotatable bonds is 4. The van der Waals surface area contributed by atoms with Crippen LogP contribution in [0.25, 0.3) is 5.69 Å². The Morgan fingerprint density at radius 3 is 2.89 bits per heavy atom. The minimum atomic E-state index is -0.208. The number of hydrogen-bond acceptors (Lipinski definition) is 3. The van der Waals surface area contributed by atoms with E-state index < -0.39 is 0 Å². The molecule has 0 saturated carbocycles. The second-order valence-electron chi connectivity index (χ2n) is 4.45. The van der Waals surface area contributed by atoms with Gasteiger partial charge in [0, 0.05) is 25.0 Å². The zero-order valence-electron chi connectivity index (χ0n) is 11.0. The molecule has 1 N–H and O–H groups in total. The number of likely N-dealkylation sites (N-methyl/N-ethyl adjacent to an activating group) is 1. The molecule has 1 aromatic carbocycles. The van der Waals surface area contributed by atoms with Gasteiger partial charge in [-0.15, -0.1) is 0 Å². The lowest BCUT2D eigenvalue weighted by atomic mass is 10.1. The van der Waals surface area contributed by atoms with Crippen molar-refractivity contribution in [1.29, 1.82) is 0 Å². The SMILES string of the molecule is CC(CO)N(C)C(=O)c1cccc(-n2cccn2)c1. The van der Waals surface area contributed by atoms with Gasteiger partial charge in [-0.1, -0.05) is 6.07 Å². The summed E-state index contributed by atoms with van der Waals surface area (Å²) in [5.41, 5.74) is 1.41. The highest BCUT2D eigenvalue weighted by molar-refractivity contribution is 5.94. The summed E-state index contributed by atoms with van der Waals surface area (Å²) < 4.78 is 1.70. The summed E-state index contributed by atoms with van der Waals surface area (Å²) in [6, 6.07) is 8.88. The monoisotopic (exact) mass is 259 g/mol. The first-order chi connectivity index (χ1) is 9.13. The Kier molecular flexibility index (Phi) is 3.97. The van der Waals surface area contributed by atoms with Crippen molar-refractivity contribution in [2.75, 3.05) is 13.7 Å². The molecule has 0 aliphatic rings. The third-order valence-electron chi connectivity index (χ3n) is 3.11. The topological polar surface area (TPSA) is 58.4 Å². The fraction of sp³-hybridized carbons (Fsp3) is 0.286. The Morgan fingerprint density at radius 1 is 1.47 bits per heavy atom. The number of aliphatic hydroxyl groups excluding tert-OH is 1. The predicted octanol–water partition coefficient (Wildman–Crippen LogP) is 1.33. The van der Waals surface area contributed by atoms with Crippen molar-refractivity contribution in [2.45, 2.75) is 13.0 Å². The van der Waals surface area contributed by atoms with Crippen molar-refractivity contribution in [1.82, 2.24) is 14.7 Å². The molecule has 0 aliphatic carbocycles. The Hall–Kier alpha value is -2.14. The van der Waals surface area contributed by atoms with Crippen LogP contribution >= 0.6 is 0 Å². The maximum atomic E-state index is 12.3. The molecule has 2 rings (SSSR count). The number of aromatic nitrogens is 2. The summed E-state index contributed by atoms with van der Waals surface area (Å²) in [5, 5.41) is 13.2. The number of benzene rings is 1. The summed E-state index contributed by atoms with van der Waals surface area (Å²) in [6.45, 7) is 1.75. The molecule has 0 saturated heterocycles. The van der Waals surface area contributed by atoms with Crippen molar-refractivity contribution in [2.24, 2.45) is 0 Å². The highest BCUT2D eigenvalue weighted by Crippen LogP contribution is 2.12. The quantitative estimate of drug-likeness (QED) is 0.901. The van der Waals surface area contributed by atoms with Crippen LogP contribution in [0.1, 0.15) is 17.3 Å². The third-order valence-corrected chi connectivity index (χ3v) is 3.11. The van der Waals surface area contributed by atoms with Crippen molar-refractivity contribution < 1.29 is 9.90 Å². The van der Waals surface area contributed by atoms with E-state index in [1.54, 1.807) is 37.0 Å². The Labute approximate surface area is 112 Å². The normalized spacial score (nSPS) is 12.2. The van der Waals surface area contributed by atoms with Crippen LogP contribution in [0, 0.1) is 0 Å². The summed E-state index contributed by atoms with van der Waals surface area (Å²) in [6.07, 6.45) is 3.51. The third kappa shape index (κ3) is 2.82. The van der Waals surface area contributed by atoms with Crippen molar-refractivity contribution >= 4 is 5.91 Å². The van der Waals surface area contributed by atoms with Crippen LogP contribution in [-0.4, -0.2) is 45.4 Å². The van der Waals surface area contributed by atoms with Gasteiger partial charge in [0.15, 0.2) is 0 Å². The lowest BCUT2D eigenvalue weighted by molar-refractivity contribution is 0.0682. The van der Waals surface area contributed by atoms with E-state index in [2.05, 4.69) is 5.10 Å². The predicted molar refractivity (Wildman–Crippen MR) is 72.2 cm³/mol. The van der Waals surface area contributed by atoms with Crippen LogP contribution in [0.15, 0.2) is 42.7 Å². The van der Waals surface area contributed by atoms with Crippen molar-refractivity contribution in [3.8, 4) is 5.69 Å². The Morgan fingerprint density at radius 2 is 2.26 bits per heavy atom. The van der Waals surface area contributed by atoms with Gasteiger partial charge in [-0.05, 0) is 31.2 Å². The standard InChI is InChI=1S/C14H17N3O2/c1-11(10-18)16(2)14(19)12-5-3-6-13(9-12)17-8-4-7-15-17/h3-9,11,18H,10H2,1-2H3. The lowest BCUT2D eigenvalue weighted by Crippen LogP contribution is -2.37. The molecule has 5 nitrogen and oxygen atoms in total. The van der Waals surface area contributed by atoms with Gasteiger partial charge < -0.3 is 10.0 Å². The summed E-state index contributed by atoms with van der Waals surface area (Å²) >= 11 is 0. The van der Waals surface area contributed by atoms with E-state index in [0.29, 0.717) is 5.56 Å². The van der Waals surface area contributed by atoms with Crippen LogP contribution in [0.3, 0.4) is 0 Å². The summed E-state index contributed by atoms with van der Waals surface area (Å²) in [4.78, 5) is 13.8. The first-order valence-corrected chi connectivity index (χ1v) is 6.11. The highest BCUT2D eigenvalue weighted by Gasteiger charge is 2.17. The van der Waals surface area contributed by atoms with Crippen LogP contribution in [0.2, 0.25) is 0 Å². The molecule has 1 unspecified atom stereocenters. The second-order valence-corrected chi connectivity index (χ2v) is 4.45. The van der Waals surface area contributed by atoms with E-state index in [4.69, 9.17) is 5.11 Å². The molecule has 1 amide bonds. The van der Waals surface area contributed by atoms with Crippen LogP contribution < -0.4 is 0 Å². The molecule has 0 spiro atoms. The molecule has 100 valence electrons. The van der Waals surface area contributed by atoms with Gasteiger partial charge >= 0.3 is 0 Å². The maximum absolute atomic E-state index is 12.3. The van der Waals surface area contributed by atoms with Crippen molar-refractivity contribution in [3.63, 3.8) is 0 Å². The number of carbonyl (C=O) groups is 1. The fourth-order valence-corrected chi connectivity index (χ4v) is 1.73. The number of carbonyl (C=O) groups excluding carboxylic acids is 1. The van der Waals surface area contributed by atoms with Crippen molar-refractivity contribution in [3.05, 3.63) is 48.3 Å². The van der Waals surface area contributed by atoms with E-state index >= 15 is 0 Å². The van der Waals surface area contributed by atoms with Gasteiger partial charge in [0.2, 0.25) is 0 Å². The van der Waals surface area contributed by atoms with Gasteiger partial charge in [-0.3, -0.25) is 4.79 Å². The van der Waals surface area contributed by atoms with E-state index in [9.17, 15) is 4.79 Å². The van der Waals surface area contributed by atoms with Gasteiger partial charge in [-0.25, -0.2) is 4.68 Å². The molecule has 2 aromatic rings. The molecular formula is C14H17N3O2. The maximum Gasteiger partial charge on any atom is 0.253 e. The average Bonchev–Trinajstić information content (AvgIpc) is 2.99. The van der Waals surface area contributed by atoms with Crippen LogP contribution in [-0.2, 0) is 0 Å². The average molecular weight is 259 g/mol. The highest BCUT2D eigenvalue weighted by atomic mass is 16.3. The minimum Gasteiger partial charge on any atom is -0.394 e. The molecule has 1 aromatic heterocycles. The molecule has 1 atom stereocenters. The van der Waals surface area contributed by atoms with Gasteiger partial charge in [0.25, 0.3) is 5.91 Å². The van der Waals surface area contributed by atoms with Gasteiger partial charge in [0.05, 0.1) is 18.3 Å². The molecule has 19 heavy (non-hydrogen) atoms. The minimum absolute atomic E-state index is 0.0545. The molecule has 0 radical (unpaired) electrons. The number of nitrogens with zero attached hydrogens (tertiary/aromatic N) is 3. The Balaban J connectivity index is 2.26. The molecule has 0 fully saturated rings. The lowest BCUT2D eigenvalue weighted by Gasteiger charge is -2.23. The van der Waals surface area contributed by atoms with E-state index in [0.717, 1.165) is 5.69 Å². The first kappa shape index (κ1) is 13.3. The molecular weight excluding hydrogens is 242 g/mol. The van der Waals surface area contributed by atoms with E-state index in [-0.39, 0.29) is 18.6 Å². The van der Waals surface area contributed by atoms with E-state index in [1.807, 2.05) is 24.4 Å². The zero-order valence-corrected chi connectivity index (χ0v) is 11.0. The molecule has 5 heteroatoms. The largest absolute Gasteiger partial charge is 0.394 e. The first-order valence-electron chi connectivity index (χ1n) is 6.11.